The number of halogens is 1. The van der Waals surface area contributed by atoms with Gasteiger partial charge in [0.25, 0.3) is 0 Å². The Morgan fingerprint density at radius 2 is 2.55 bits per heavy atom. The number of carbonyl (C=O) groups is 1. The van der Waals surface area contributed by atoms with Crippen LogP contribution in [0.15, 0.2) is 11.9 Å². The van der Waals surface area contributed by atoms with E-state index in [0.717, 1.165) is 6.54 Å². The van der Waals surface area contributed by atoms with E-state index < -0.39 is 5.91 Å². The Morgan fingerprint density at radius 3 is 3.09 bits per heavy atom. The monoisotopic (exact) mass is 158 g/mol. The first-order chi connectivity index (χ1) is 5.18. The SMILES string of the molecule is NC(=O)CN1CCC=C(F)C1. The molecule has 62 valence electrons. The smallest absolute Gasteiger partial charge is 0.231 e. The summed E-state index contributed by atoms with van der Waals surface area (Å²) in [4.78, 5) is 12.1. The van der Waals surface area contributed by atoms with Gasteiger partial charge in [-0.2, -0.15) is 0 Å². The van der Waals surface area contributed by atoms with Gasteiger partial charge in [-0.1, -0.05) is 6.08 Å². The summed E-state index contributed by atoms with van der Waals surface area (Å²) in [7, 11) is 0. The number of nitrogens with zero attached hydrogens (tertiary/aromatic N) is 1. The second-order valence-electron chi connectivity index (χ2n) is 2.62. The van der Waals surface area contributed by atoms with Crippen LogP contribution in [0.5, 0.6) is 0 Å². The second-order valence-corrected chi connectivity index (χ2v) is 2.62. The highest BCUT2D eigenvalue weighted by Crippen LogP contribution is 2.08. The fraction of sp³-hybridized carbons (Fsp3) is 0.571. The number of nitrogens with two attached hydrogens (primary N) is 1. The second kappa shape index (κ2) is 3.48. The number of amides is 1. The lowest BCUT2D eigenvalue weighted by Gasteiger charge is -2.22. The van der Waals surface area contributed by atoms with E-state index in [4.69, 9.17) is 5.73 Å². The van der Waals surface area contributed by atoms with E-state index in [2.05, 4.69) is 0 Å². The molecular formula is C7H11FN2O. The zero-order valence-electron chi connectivity index (χ0n) is 6.22. The maximum absolute atomic E-state index is 12.6. The highest BCUT2D eigenvalue weighted by atomic mass is 19.1. The van der Waals surface area contributed by atoms with Gasteiger partial charge in [-0.25, -0.2) is 4.39 Å². The van der Waals surface area contributed by atoms with Gasteiger partial charge in [-0.05, 0) is 6.42 Å². The van der Waals surface area contributed by atoms with Gasteiger partial charge in [0.2, 0.25) is 5.91 Å². The summed E-state index contributed by atoms with van der Waals surface area (Å²) in [5.41, 5.74) is 4.95. The lowest BCUT2D eigenvalue weighted by atomic mass is 10.2. The first-order valence-electron chi connectivity index (χ1n) is 3.53. The van der Waals surface area contributed by atoms with Crippen LogP contribution in [0.2, 0.25) is 0 Å². The Hall–Kier alpha value is -0.900. The normalized spacial score (nSPS) is 19.5. The lowest BCUT2D eigenvalue weighted by molar-refractivity contribution is -0.119. The van der Waals surface area contributed by atoms with Crippen molar-refractivity contribution in [2.45, 2.75) is 6.42 Å². The maximum atomic E-state index is 12.6. The minimum atomic E-state index is -0.403. The van der Waals surface area contributed by atoms with Crippen molar-refractivity contribution >= 4 is 5.91 Å². The molecule has 3 nitrogen and oxygen atoms in total. The van der Waals surface area contributed by atoms with E-state index in [1.807, 2.05) is 0 Å². The van der Waals surface area contributed by atoms with Gasteiger partial charge in [0.05, 0.1) is 13.1 Å². The number of hydrogen-bond donors (Lipinski definition) is 1. The van der Waals surface area contributed by atoms with Crippen molar-refractivity contribution < 1.29 is 9.18 Å². The standard InChI is InChI=1S/C7H11FN2O/c8-6-2-1-3-10(4-6)5-7(9)11/h2H,1,3-5H2,(H2,9,11). The van der Waals surface area contributed by atoms with Crippen molar-refractivity contribution in [2.24, 2.45) is 5.73 Å². The molecule has 0 spiro atoms. The largest absolute Gasteiger partial charge is 0.369 e. The molecule has 0 aromatic heterocycles. The van der Waals surface area contributed by atoms with Crippen molar-refractivity contribution in [3.05, 3.63) is 11.9 Å². The van der Waals surface area contributed by atoms with Gasteiger partial charge in [0.15, 0.2) is 0 Å². The van der Waals surface area contributed by atoms with E-state index in [1.54, 1.807) is 4.90 Å². The number of rotatable bonds is 2. The maximum Gasteiger partial charge on any atom is 0.231 e. The zero-order chi connectivity index (χ0) is 8.27. The average molecular weight is 158 g/mol. The minimum Gasteiger partial charge on any atom is -0.369 e. The van der Waals surface area contributed by atoms with Crippen LogP contribution < -0.4 is 5.73 Å². The van der Waals surface area contributed by atoms with E-state index in [1.165, 1.54) is 6.08 Å². The summed E-state index contributed by atoms with van der Waals surface area (Å²) in [6.07, 6.45) is 2.20. The summed E-state index contributed by atoms with van der Waals surface area (Å²) in [6.45, 7) is 1.10. The van der Waals surface area contributed by atoms with Crippen LogP contribution in [0.1, 0.15) is 6.42 Å². The topological polar surface area (TPSA) is 46.3 Å². The van der Waals surface area contributed by atoms with Crippen LogP contribution in [-0.2, 0) is 4.79 Å². The summed E-state index contributed by atoms with van der Waals surface area (Å²) >= 11 is 0. The fourth-order valence-electron chi connectivity index (χ4n) is 1.12. The van der Waals surface area contributed by atoms with Crippen LogP contribution >= 0.6 is 0 Å². The van der Waals surface area contributed by atoms with Crippen molar-refractivity contribution in [2.75, 3.05) is 19.6 Å². The van der Waals surface area contributed by atoms with Crippen LogP contribution in [0.25, 0.3) is 0 Å². The minimum absolute atomic E-state index is 0.154. The molecule has 0 atom stereocenters. The van der Waals surface area contributed by atoms with E-state index in [0.29, 0.717) is 6.42 Å². The van der Waals surface area contributed by atoms with Crippen molar-refractivity contribution in [1.82, 2.24) is 4.90 Å². The zero-order valence-corrected chi connectivity index (χ0v) is 6.22. The average Bonchev–Trinajstić information content (AvgIpc) is 1.85. The Labute approximate surface area is 64.7 Å². The molecule has 0 bridgehead atoms. The molecule has 1 rings (SSSR count). The van der Waals surface area contributed by atoms with Crippen LogP contribution in [0.3, 0.4) is 0 Å². The predicted octanol–water partition coefficient (Wildman–Crippen LogP) is 0.0308. The van der Waals surface area contributed by atoms with Crippen molar-refractivity contribution in [3.8, 4) is 0 Å². The van der Waals surface area contributed by atoms with Crippen LogP contribution in [0.4, 0.5) is 4.39 Å². The molecule has 0 saturated heterocycles. The summed E-state index contributed by atoms with van der Waals surface area (Å²) in [5.74, 6) is -0.572. The molecule has 0 fully saturated rings. The van der Waals surface area contributed by atoms with E-state index >= 15 is 0 Å². The van der Waals surface area contributed by atoms with E-state index in [-0.39, 0.29) is 18.9 Å². The summed E-state index contributed by atoms with van der Waals surface area (Å²) in [6, 6.07) is 0. The molecular weight excluding hydrogens is 147 g/mol. The first kappa shape index (κ1) is 8.20. The molecule has 0 aromatic carbocycles. The van der Waals surface area contributed by atoms with Gasteiger partial charge in [-0.15, -0.1) is 0 Å². The third kappa shape index (κ3) is 2.67. The fourth-order valence-corrected chi connectivity index (χ4v) is 1.12. The van der Waals surface area contributed by atoms with Crippen LogP contribution in [-0.4, -0.2) is 30.4 Å². The Morgan fingerprint density at radius 1 is 1.82 bits per heavy atom. The number of hydrogen-bond acceptors (Lipinski definition) is 2. The summed E-state index contributed by atoms with van der Waals surface area (Å²) < 4.78 is 12.6. The molecule has 1 amide bonds. The Kier molecular flexibility index (Phi) is 2.59. The van der Waals surface area contributed by atoms with Crippen molar-refractivity contribution in [3.63, 3.8) is 0 Å². The quantitative estimate of drug-likeness (QED) is 0.616. The van der Waals surface area contributed by atoms with Gasteiger partial charge < -0.3 is 5.73 Å². The van der Waals surface area contributed by atoms with Gasteiger partial charge in [0.1, 0.15) is 5.83 Å². The molecule has 0 saturated carbocycles. The molecule has 0 aliphatic carbocycles. The molecule has 0 unspecified atom stereocenters. The van der Waals surface area contributed by atoms with E-state index in [9.17, 15) is 9.18 Å². The van der Waals surface area contributed by atoms with Gasteiger partial charge >= 0.3 is 0 Å². The molecule has 1 aliphatic rings. The Bertz CT molecular complexity index is 191. The number of carbonyl (C=O) groups excluding carboxylic acids is 1. The third-order valence-electron chi connectivity index (χ3n) is 1.57. The molecule has 4 heteroatoms. The Balaban J connectivity index is 2.38. The lowest BCUT2D eigenvalue weighted by Crippen LogP contribution is -2.36. The highest BCUT2D eigenvalue weighted by molar-refractivity contribution is 5.75. The molecule has 1 aliphatic heterocycles. The van der Waals surface area contributed by atoms with Gasteiger partial charge in [0, 0.05) is 6.54 Å². The van der Waals surface area contributed by atoms with Crippen molar-refractivity contribution in [1.29, 1.82) is 0 Å². The summed E-state index contributed by atoms with van der Waals surface area (Å²) in [5, 5.41) is 0. The first-order valence-corrected chi connectivity index (χ1v) is 3.53. The molecule has 0 aromatic rings. The molecule has 11 heavy (non-hydrogen) atoms. The van der Waals surface area contributed by atoms with Gasteiger partial charge in [-0.3, -0.25) is 9.69 Å². The highest BCUT2D eigenvalue weighted by Gasteiger charge is 2.13. The molecule has 0 radical (unpaired) electrons. The third-order valence-corrected chi connectivity index (χ3v) is 1.57. The molecule has 2 N–H and O–H groups in total. The van der Waals surface area contributed by atoms with Crippen LogP contribution in [0, 0.1) is 0 Å². The molecule has 1 heterocycles. The predicted molar refractivity (Wildman–Crippen MR) is 39.4 cm³/mol. The number of primary amides is 1.